The Labute approximate surface area is 316 Å². The van der Waals surface area contributed by atoms with Gasteiger partial charge in [-0.3, -0.25) is 39.5 Å². The highest BCUT2D eigenvalue weighted by Gasteiger charge is 2.38. The maximum absolute atomic E-state index is 14.0. The SMILES string of the molecule is COc1cc2c(cc1OCCCOc1cc3c(cc1OC)C(=O)N1c4ccc(NC(=O)OCC(C)=O)cc4C[C@H]1C=N3)N=C[C@@H]1Cc3ccccc3N1C2=O. The number of nitrogens with one attached hydrogen (secondary N) is 1. The van der Waals surface area contributed by atoms with Gasteiger partial charge in [0.05, 0.1) is 62.0 Å². The Balaban J connectivity index is 0.912. The minimum atomic E-state index is -0.738. The number of ether oxygens (including phenoxy) is 5. The number of anilines is 3. The van der Waals surface area contributed by atoms with Gasteiger partial charge in [0.15, 0.2) is 35.4 Å². The number of benzene rings is 4. The van der Waals surface area contributed by atoms with Crippen molar-refractivity contribution in [2.75, 3.05) is 49.2 Å². The molecule has 0 unspecified atom stereocenters. The number of rotatable bonds is 11. The average molecular weight is 744 g/mol. The fourth-order valence-electron chi connectivity index (χ4n) is 7.27. The van der Waals surface area contributed by atoms with E-state index in [0.29, 0.717) is 76.1 Å². The zero-order chi connectivity index (χ0) is 38.2. The molecule has 55 heavy (non-hydrogen) atoms. The molecule has 0 bridgehead atoms. The molecule has 0 saturated carbocycles. The smallest absolute Gasteiger partial charge is 0.412 e. The van der Waals surface area contributed by atoms with Crippen LogP contribution in [0.25, 0.3) is 0 Å². The molecule has 4 heterocycles. The molecule has 0 saturated heterocycles. The first kappa shape index (κ1) is 35.3. The second-order valence-electron chi connectivity index (χ2n) is 13.4. The maximum atomic E-state index is 14.0. The van der Waals surface area contributed by atoms with E-state index in [1.54, 1.807) is 58.5 Å². The number of para-hydroxylation sites is 1. The Morgan fingerprint density at radius 2 is 1.29 bits per heavy atom. The van der Waals surface area contributed by atoms with E-state index >= 15 is 0 Å². The normalized spacial score (nSPS) is 17.1. The highest BCUT2D eigenvalue weighted by molar-refractivity contribution is 6.16. The van der Waals surface area contributed by atoms with Gasteiger partial charge in [0.2, 0.25) is 0 Å². The Hall–Kier alpha value is -6.70. The number of hydrogen-bond donors (Lipinski definition) is 1. The van der Waals surface area contributed by atoms with Gasteiger partial charge in [0.1, 0.15) is 0 Å². The molecular formula is C41H37N5O9. The van der Waals surface area contributed by atoms with E-state index in [4.69, 9.17) is 23.7 Å². The number of ketones is 1. The third-order valence-corrected chi connectivity index (χ3v) is 9.80. The molecule has 14 heteroatoms. The van der Waals surface area contributed by atoms with Crippen LogP contribution in [0.3, 0.4) is 0 Å². The van der Waals surface area contributed by atoms with Gasteiger partial charge in [-0.2, -0.15) is 0 Å². The molecule has 280 valence electrons. The summed E-state index contributed by atoms with van der Waals surface area (Å²) in [4.78, 5) is 63.7. The molecule has 0 spiro atoms. The first-order valence-electron chi connectivity index (χ1n) is 17.8. The Bertz CT molecular complexity index is 2300. The van der Waals surface area contributed by atoms with Crippen LogP contribution in [0.15, 0.2) is 76.7 Å². The van der Waals surface area contributed by atoms with Crippen LogP contribution in [-0.2, 0) is 22.4 Å². The highest BCUT2D eigenvalue weighted by Crippen LogP contribution is 2.43. The Morgan fingerprint density at radius 1 is 0.727 bits per heavy atom. The van der Waals surface area contributed by atoms with Crippen molar-refractivity contribution < 1.29 is 42.9 Å². The molecule has 4 aliphatic rings. The molecule has 0 radical (unpaired) electrons. The van der Waals surface area contributed by atoms with Gasteiger partial charge in [0, 0.05) is 60.9 Å². The van der Waals surface area contributed by atoms with Crippen LogP contribution in [-0.4, -0.2) is 82.2 Å². The number of Topliss-reactive ketones (excluding diaryl/α,β-unsaturated/α-hetero) is 1. The van der Waals surface area contributed by atoms with E-state index in [2.05, 4.69) is 15.3 Å². The number of aliphatic imine (C=N–C) groups is 2. The van der Waals surface area contributed by atoms with Crippen LogP contribution in [0.1, 0.15) is 45.2 Å². The number of fused-ring (bicyclic) bond motifs is 8. The van der Waals surface area contributed by atoms with Gasteiger partial charge in [-0.1, -0.05) is 18.2 Å². The molecule has 0 aliphatic carbocycles. The van der Waals surface area contributed by atoms with Gasteiger partial charge in [-0.15, -0.1) is 0 Å². The molecule has 4 aromatic carbocycles. The standard InChI is InChI=1S/C41H37N5O9/c1-23(47)22-55-41(50)44-26-9-10-34-25(13-26)15-28-21-43-32-19-38(36(52-3)17-30(32)40(49)46(28)34)54-12-6-11-53-37-18-31-29(16-35(37)51-2)39(48)45-27(20-42-31)14-24-7-4-5-8-33(24)45/h4-5,7-10,13,16-21,27-28H,6,11-12,14-15,22H2,1-3H3,(H,44,50)/t27-,28-/m0/s1. The van der Waals surface area contributed by atoms with Gasteiger partial charge < -0.3 is 23.7 Å². The summed E-state index contributed by atoms with van der Waals surface area (Å²) in [6.07, 6.45) is 4.50. The van der Waals surface area contributed by atoms with Gasteiger partial charge >= 0.3 is 6.09 Å². The number of amides is 3. The molecule has 4 aromatic rings. The molecule has 14 nitrogen and oxygen atoms in total. The Kier molecular flexibility index (Phi) is 9.39. The predicted molar refractivity (Wildman–Crippen MR) is 205 cm³/mol. The predicted octanol–water partition coefficient (Wildman–Crippen LogP) is 6.26. The van der Waals surface area contributed by atoms with Crippen molar-refractivity contribution in [3.8, 4) is 23.0 Å². The lowest BCUT2D eigenvalue weighted by atomic mass is 10.1. The zero-order valence-corrected chi connectivity index (χ0v) is 30.4. The fraction of sp³-hybridized carbons (Fsp3) is 0.268. The summed E-state index contributed by atoms with van der Waals surface area (Å²) >= 11 is 0. The van der Waals surface area contributed by atoms with Crippen molar-refractivity contribution >= 4 is 64.6 Å². The van der Waals surface area contributed by atoms with Crippen molar-refractivity contribution in [3.63, 3.8) is 0 Å². The largest absolute Gasteiger partial charge is 0.493 e. The van der Waals surface area contributed by atoms with Crippen LogP contribution in [0.2, 0.25) is 0 Å². The quantitative estimate of drug-likeness (QED) is 0.175. The summed E-state index contributed by atoms with van der Waals surface area (Å²) in [5.74, 6) is 1.05. The summed E-state index contributed by atoms with van der Waals surface area (Å²) < 4.78 is 28.4. The van der Waals surface area contributed by atoms with Crippen LogP contribution in [0, 0.1) is 0 Å². The van der Waals surface area contributed by atoms with Crippen molar-refractivity contribution in [2.24, 2.45) is 9.98 Å². The second-order valence-corrected chi connectivity index (χ2v) is 13.4. The number of methoxy groups -OCH3 is 2. The summed E-state index contributed by atoms with van der Waals surface area (Å²) in [6, 6.07) is 19.4. The first-order valence-corrected chi connectivity index (χ1v) is 17.8. The molecule has 1 N–H and O–H groups in total. The number of carbonyl (C=O) groups excluding carboxylic acids is 4. The van der Waals surface area contributed by atoms with Crippen LogP contribution in [0.4, 0.5) is 33.2 Å². The van der Waals surface area contributed by atoms with Gasteiger partial charge in [-0.05, 0) is 54.4 Å². The molecule has 8 rings (SSSR count). The van der Waals surface area contributed by atoms with Crippen molar-refractivity contribution in [2.45, 2.75) is 38.3 Å². The van der Waals surface area contributed by atoms with E-state index in [9.17, 15) is 19.2 Å². The van der Waals surface area contributed by atoms with Crippen molar-refractivity contribution in [1.29, 1.82) is 0 Å². The van der Waals surface area contributed by atoms with E-state index in [0.717, 1.165) is 16.8 Å². The van der Waals surface area contributed by atoms with E-state index in [1.165, 1.54) is 21.1 Å². The number of carbonyl (C=O) groups is 4. The molecule has 0 aromatic heterocycles. The highest BCUT2D eigenvalue weighted by atomic mass is 16.6. The minimum Gasteiger partial charge on any atom is -0.493 e. The fourth-order valence-corrected chi connectivity index (χ4v) is 7.27. The molecule has 3 amide bonds. The summed E-state index contributed by atoms with van der Waals surface area (Å²) in [7, 11) is 3.04. The molecule has 0 fully saturated rings. The maximum Gasteiger partial charge on any atom is 0.412 e. The van der Waals surface area contributed by atoms with Crippen LogP contribution >= 0.6 is 0 Å². The van der Waals surface area contributed by atoms with E-state index in [-0.39, 0.29) is 49.5 Å². The van der Waals surface area contributed by atoms with Gasteiger partial charge in [-0.25, -0.2) is 4.79 Å². The molecular weight excluding hydrogens is 706 g/mol. The lowest BCUT2D eigenvalue weighted by Crippen LogP contribution is -2.37. The lowest BCUT2D eigenvalue weighted by Gasteiger charge is -2.22. The topological polar surface area (TPSA) is 158 Å². The summed E-state index contributed by atoms with van der Waals surface area (Å²) in [5, 5.41) is 2.62. The third kappa shape index (κ3) is 6.71. The lowest BCUT2D eigenvalue weighted by molar-refractivity contribution is -0.119. The number of nitrogens with zero attached hydrogens (tertiary/aromatic N) is 4. The third-order valence-electron chi connectivity index (χ3n) is 9.80. The molecule has 4 aliphatic heterocycles. The van der Waals surface area contributed by atoms with Gasteiger partial charge in [0.25, 0.3) is 11.8 Å². The molecule has 2 atom stereocenters. The number of hydrogen-bond acceptors (Lipinski definition) is 11. The summed E-state index contributed by atoms with van der Waals surface area (Å²) in [5.41, 5.74) is 5.81. The van der Waals surface area contributed by atoms with Crippen molar-refractivity contribution in [1.82, 2.24) is 0 Å². The zero-order valence-electron chi connectivity index (χ0n) is 30.4. The average Bonchev–Trinajstić information content (AvgIpc) is 3.67. The monoisotopic (exact) mass is 743 g/mol. The van der Waals surface area contributed by atoms with Crippen LogP contribution < -0.4 is 34.1 Å². The minimum absolute atomic E-state index is 0.137. The van der Waals surface area contributed by atoms with Crippen LogP contribution in [0.5, 0.6) is 23.0 Å². The Morgan fingerprint density at radius 3 is 1.87 bits per heavy atom. The summed E-state index contributed by atoms with van der Waals surface area (Å²) in [6.45, 7) is 1.57. The first-order chi connectivity index (χ1) is 26.7. The van der Waals surface area contributed by atoms with E-state index in [1.807, 2.05) is 30.5 Å². The van der Waals surface area contributed by atoms with E-state index < -0.39 is 6.09 Å². The van der Waals surface area contributed by atoms with Crippen molar-refractivity contribution in [3.05, 3.63) is 89.0 Å². The second kappa shape index (κ2) is 14.6.